The molecular formula is C22H24BrN5O3. The number of rotatable bonds is 8. The second-order valence-electron chi connectivity index (χ2n) is 7.33. The van der Waals surface area contributed by atoms with E-state index in [1.54, 1.807) is 24.3 Å². The van der Waals surface area contributed by atoms with Crippen molar-refractivity contribution in [3.8, 4) is 0 Å². The van der Waals surface area contributed by atoms with Gasteiger partial charge in [-0.2, -0.15) is 0 Å². The van der Waals surface area contributed by atoms with Gasteiger partial charge in [-0.3, -0.25) is 19.3 Å². The monoisotopic (exact) mass is 485 g/mol. The lowest BCUT2D eigenvalue weighted by molar-refractivity contribution is -0.125. The van der Waals surface area contributed by atoms with Crippen LogP contribution in [-0.2, 0) is 16.1 Å². The smallest absolute Gasteiger partial charge is 0.258 e. The topological polar surface area (TPSA) is 107 Å². The summed E-state index contributed by atoms with van der Waals surface area (Å²) in [7, 11) is 0. The van der Waals surface area contributed by atoms with E-state index < -0.39 is 0 Å². The van der Waals surface area contributed by atoms with E-state index in [2.05, 4.69) is 36.5 Å². The number of para-hydroxylation sites is 2. The number of nitrogens with one attached hydrogen (secondary N) is 3. The number of H-pyrrole nitrogens is 1. The molecule has 0 aliphatic rings. The number of carbonyl (C=O) groups is 2. The van der Waals surface area contributed by atoms with E-state index in [9.17, 15) is 14.4 Å². The first-order valence-electron chi connectivity index (χ1n) is 9.86. The van der Waals surface area contributed by atoms with Gasteiger partial charge < -0.3 is 15.6 Å². The van der Waals surface area contributed by atoms with Crippen LogP contribution in [0.3, 0.4) is 0 Å². The zero-order valence-corrected chi connectivity index (χ0v) is 18.9. The number of carbonyl (C=O) groups excluding carboxylic acids is 2. The zero-order valence-electron chi connectivity index (χ0n) is 17.3. The van der Waals surface area contributed by atoms with Crippen molar-refractivity contribution >= 4 is 44.3 Å². The summed E-state index contributed by atoms with van der Waals surface area (Å²) < 4.78 is 0.762. The van der Waals surface area contributed by atoms with E-state index in [0.717, 1.165) is 4.47 Å². The minimum absolute atomic E-state index is 0.0247. The molecule has 9 heteroatoms. The molecule has 0 fully saturated rings. The lowest BCUT2D eigenvalue weighted by Crippen LogP contribution is -2.43. The van der Waals surface area contributed by atoms with E-state index in [1.165, 1.54) is 0 Å². The Bertz CT molecular complexity index is 1150. The number of hydrogen-bond donors (Lipinski definition) is 3. The number of anilines is 1. The van der Waals surface area contributed by atoms with Gasteiger partial charge in [-0.1, -0.05) is 24.3 Å². The SMILES string of the molecule is CC(C)N(CC(=O)NCC(=O)Nc1ccccc1Br)Cc1nc2ccccc2c(=O)[nH]1. The number of amides is 2. The minimum atomic E-state index is -0.322. The molecule has 3 N–H and O–H groups in total. The summed E-state index contributed by atoms with van der Waals surface area (Å²) in [6.07, 6.45) is 0. The summed E-state index contributed by atoms with van der Waals surface area (Å²) in [5, 5.41) is 5.90. The second-order valence-corrected chi connectivity index (χ2v) is 8.19. The first-order valence-corrected chi connectivity index (χ1v) is 10.7. The molecule has 0 saturated carbocycles. The molecule has 1 heterocycles. The van der Waals surface area contributed by atoms with Gasteiger partial charge >= 0.3 is 0 Å². The summed E-state index contributed by atoms with van der Waals surface area (Å²) in [6, 6.07) is 14.4. The number of hydrogen-bond acceptors (Lipinski definition) is 5. The van der Waals surface area contributed by atoms with Crippen LogP contribution in [0.25, 0.3) is 10.9 Å². The number of aromatic nitrogens is 2. The van der Waals surface area contributed by atoms with Crippen LogP contribution in [0.2, 0.25) is 0 Å². The average molecular weight is 486 g/mol. The molecule has 2 amide bonds. The third kappa shape index (κ3) is 6.22. The van der Waals surface area contributed by atoms with Crippen LogP contribution in [0.4, 0.5) is 5.69 Å². The van der Waals surface area contributed by atoms with Crippen molar-refractivity contribution in [2.24, 2.45) is 0 Å². The molecule has 0 unspecified atom stereocenters. The lowest BCUT2D eigenvalue weighted by atomic mass is 10.2. The highest BCUT2D eigenvalue weighted by atomic mass is 79.9. The van der Waals surface area contributed by atoms with Gasteiger partial charge in [0.05, 0.1) is 36.2 Å². The highest BCUT2D eigenvalue weighted by molar-refractivity contribution is 9.10. The fourth-order valence-electron chi connectivity index (χ4n) is 3.00. The highest BCUT2D eigenvalue weighted by Gasteiger charge is 2.17. The van der Waals surface area contributed by atoms with Crippen molar-refractivity contribution in [3.63, 3.8) is 0 Å². The van der Waals surface area contributed by atoms with Gasteiger partial charge in [-0.25, -0.2) is 4.98 Å². The van der Waals surface area contributed by atoms with Crippen LogP contribution in [-0.4, -0.2) is 45.8 Å². The Kier molecular flexibility index (Phi) is 7.54. The summed E-state index contributed by atoms with van der Waals surface area (Å²) in [4.78, 5) is 46.0. The van der Waals surface area contributed by atoms with Crippen molar-refractivity contribution in [1.29, 1.82) is 0 Å². The Morgan fingerprint density at radius 1 is 1.10 bits per heavy atom. The highest BCUT2D eigenvalue weighted by Crippen LogP contribution is 2.20. The molecule has 0 aliphatic carbocycles. The van der Waals surface area contributed by atoms with E-state index in [1.807, 2.05) is 43.0 Å². The standard InChI is InChI=1S/C22H24BrN5O3/c1-14(2)28(12-19-25-17-9-5-3-7-15(17)22(31)27-19)13-21(30)24-11-20(29)26-18-10-6-4-8-16(18)23/h3-10,14H,11-13H2,1-2H3,(H,24,30)(H,26,29)(H,25,27,31). The van der Waals surface area contributed by atoms with Crippen LogP contribution in [0, 0.1) is 0 Å². The molecule has 0 spiro atoms. The maximum atomic E-state index is 12.4. The van der Waals surface area contributed by atoms with Crippen LogP contribution in [0.1, 0.15) is 19.7 Å². The molecule has 3 rings (SSSR count). The zero-order chi connectivity index (χ0) is 22.4. The van der Waals surface area contributed by atoms with Gasteiger partial charge in [0.15, 0.2) is 0 Å². The van der Waals surface area contributed by atoms with Gasteiger partial charge in [-0.15, -0.1) is 0 Å². The molecule has 31 heavy (non-hydrogen) atoms. The van der Waals surface area contributed by atoms with Crippen LogP contribution < -0.4 is 16.2 Å². The largest absolute Gasteiger partial charge is 0.346 e. The van der Waals surface area contributed by atoms with Crippen LogP contribution in [0.15, 0.2) is 57.8 Å². The predicted molar refractivity (Wildman–Crippen MR) is 124 cm³/mol. The summed E-state index contributed by atoms with van der Waals surface area (Å²) >= 11 is 3.37. The maximum Gasteiger partial charge on any atom is 0.258 e. The summed E-state index contributed by atoms with van der Waals surface area (Å²) in [5.74, 6) is -0.132. The molecule has 162 valence electrons. The third-order valence-corrected chi connectivity index (χ3v) is 5.38. The fraction of sp³-hybridized carbons (Fsp3) is 0.273. The van der Waals surface area contributed by atoms with Gasteiger partial charge in [0, 0.05) is 10.5 Å². The quantitative estimate of drug-likeness (QED) is 0.454. The molecule has 0 bridgehead atoms. The van der Waals surface area contributed by atoms with E-state index in [4.69, 9.17) is 0 Å². The molecule has 3 aromatic rings. The molecule has 0 radical (unpaired) electrons. The minimum Gasteiger partial charge on any atom is -0.346 e. The number of aromatic amines is 1. The van der Waals surface area contributed by atoms with Crippen molar-refractivity contribution in [3.05, 3.63) is 69.2 Å². The van der Waals surface area contributed by atoms with Gasteiger partial charge in [0.2, 0.25) is 11.8 Å². The Hall–Kier alpha value is -3.04. The van der Waals surface area contributed by atoms with Gasteiger partial charge in [0.25, 0.3) is 5.56 Å². The molecule has 2 aromatic carbocycles. The van der Waals surface area contributed by atoms with Gasteiger partial charge in [0.1, 0.15) is 5.82 Å². The molecule has 0 aliphatic heterocycles. The van der Waals surface area contributed by atoms with Crippen molar-refractivity contribution in [1.82, 2.24) is 20.2 Å². The average Bonchev–Trinajstić information content (AvgIpc) is 2.73. The normalized spacial score (nSPS) is 11.1. The molecule has 0 atom stereocenters. The molecule has 8 nitrogen and oxygen atoms in total. The number of nitrogens with zero attached hydrogens (tertiary/aromatic N) is 2. The first kappa shape index (κ1) is 22.6. The van der Waals surface area contributed by atoms with Crippen molar-refractivity contribution in [2.45, 2.75) is 26.4 Å². The lowest BCUT2D eigenvalue weighted by Gasteiger charge is -2.25. The maximum absolute atomic E-state index is 12.4. The fourth-order valence-corrected chi connectivity index (χ4v) is 3.38. The molecule has 1 aromatic heterocycles. The number of benzene rings is 2. The van der Waals surface area contributed by atoms with Crippen LogP contribution >= 0.6 is 15.9 Å². The second kappa shape index (κ2) is 10.3. The summed E-state index contributed by atoms with van der Waals surface area (Å²) in [5.41, 5.74) is 1.03. The molecule has 0 saturated heterocycles. The van der Waals surface area contributed by atoms with Crippen molar-refractivity contribution < 1.29 is 9.59 Å². The van der Waals surface area contributed by atoms with E-state index in [-0.39, 0.29) is 36.5 Å². The van der Waals surface area contributed by atoms with E-state index >= 15 is 0 Å². The van der Waals surface area contributed by atoms with E-state index in [0.29, 0.717) is 29.0 Å². The summed E-state index contributed by atoms with van der Waals surface area (Å²) in [6.45, 7) is 4.13. The first-order chi connectivity index (χ1) is 14.8. The van der Waals surface area contributed by atoms with Gasteiger partial charge in [-0.05, 0) is 54.0 Å². The molecular weight excluding hydrogens is 462 g/mol. The Morgan fingerprint density at radius 3 is 2.55 bits per heavy atom. The Morgan fingerprint density at radius 2 is 1.81 bits per heavy atom. The Balaban J connectivity index is 1.58. The number of fused-ring (bicyclic) bond motifs is 1. The number of halogens is 1. The van der Waals surface area contributed by atoms with Crippen molar-refractivity contribution in [2.75, 3.05) is 18.4 Å². The third-order valence-electron chi connectivity index (χ3n) is 4.69. The Labute approximate surface area is 188 Å². The predicted octanol–water partition coefficient (Wildman–Crippen LogP) is 2.65. The van der Waals surface area contributed by atoms with Crippen LogP contribution in [0.5, 0.6) is 0 Å².